The standard InChI is InChI=1S/C4H3O2S/c5-3-4-6-1-2-7-4/h1-2,4H. The van der Waals surface area contributed by atoms with Gasteiger partial charge in [0.1, 0.15) is 0 Å². The molecule has 0 fully saturated rings. The second-order valence-corrected chi connectivity index (χ2v) is 1.97. The van der Waals surface area contributed by atoms with Crippen molar-refractivity contribution in [3.63, 3.8) is 0 Å². The average Bonchev–Trinajstić information content (AvgIpc) is 2.14. The normalized spacial score (nSPS) is 27.1. The highest BCUT2D eigenvalue weighted by molar-refractivity contribution is 8.03. The van der Waals surface area contributed by atoms with E-state index in [2.05, 4.69) is 4.74 Å². The maximum Gasteiger partial charge on any atom is 0.254 e. The first-order valence-electron chi connectivity index (χ1n) is 1.77. The van der Waals surface area contributed by atoms with E-state index in [1.165, 1.54) is 18.0 Å². The number of hydrogen-bond acceptors (Lipinski definition) is 3. The predicted molar refractivity (Wildman–Crippen MR) is 27.3 cm³/mol. The molecule has 2 nitrogen and oxygen atoms in total. The summed E-state index contributed by atoms with van der Waals surface area (Å²) >= 11 is 1.32. The molecule has 1 rings (SSSR count). The molecule has 7 heavy (non-hydrogen) atoms. The lowest BCUT2D eigenvalue weighted by Gasteiger charge is -1.93. The van der Waals surface area contributed by atoms with Crippen LogP contribution < -0.4 is 0 Å². The van der Waals surface area contributed by atoms with Gasteiger partial charge < -0.3 is 4.74 Å². The summed E-state index contributed by atoms with van der Waals surface area (Å²) in [6, 6.07) is 0. The van der Waals surface area contributed by atoms with Gasteiger partial charge in [-0.1, -0.05) is 11.8 Å². The van der Waals surface area contributed by atoms with Gasteiger partial charge in [-0.15, -0.1) is 0 Å². The van der Waals surface area contributed by atoms with Gasteiger partial charge in [0.2, 0.25) is 5.44 Å². The molecule has 3 heteroatoms. The topological polar surface area (TPSA) is 26.3 Å². The molecule has 0 aromatic heterocycles. The molecule has 37 valence electrons. The lowest BCUT2D eigenvalue weighted by atomic mass is 10.8. The maximum atomic E-state index is 9.70. The predicted octanol–water partition coefficient (Wildman–Crippen LogP) is 0.657. The molecule has 1 unspecified atom stereocenters. The summed E-state index contributed by atoms with van der Waals surface area (Å²) < 4.78 is 4.66. The summed E-state index contributed by atoms with van der Waals surface area (Å²) in [6.45, 7) is 0. The van der Waals surface area contributed by atoms with Crippen LogP contribution in [0.15, 0.2) is 11.7 Å². The molecule has 0 N–H and O–H groups in total. The SMILES string of the molecule is O=[C]C1OC=CS1. The lowest BCUT2D eigenvalue weighted by Crippen LogP contribution is -1.98. The Balaban J connectivity index is 2.35. The molecule has 1 aliphatic rings. The van der Waals surface area contributed by atoms with Crippen molar-refractivity contribution in [2.24, 2.45) is 0 Å². The molecule has 0 amide bonds. The fraction of sp³-hybridized carbons (Fsp3) is 0.250. The Hall–Kier alpha value is -0.440. The van der Waals surface area contributed by atoms with Gasteiger partial charge in [0.15, 0.2) is 0 Å². The van der Waals surface area contributed by atoms with E-state index in [0.717, 1.165) is 0 Å². The fourth-order valence-electron chi connectivity index (χ4n) is 0.294. The van der Waals surface area contributed by atoms with Crippen molar-refractivity contribution in [2.45, 2.75) is 5.44 Å². The number of carbonyl (C=O) groups excluding carboxylic acids is 1. The molecular formula is C4H3O2S. The Kier molecular flexibility index (Phi) is 1.36. The molecule has 1 aliphatic heterocycles. The number of hydrogen-bond donors (Lipinski definition) is 0. The zero-order valence-electron chi connectivity index (χ0n) is 3.46. The van der Waals surface area contributed by atoms with E-state index in [1.807, 2.05) is 0 Å². The van der Waals surface area contributed by atoms with Gasteiger partial charge >= 0.3 is 0 Å². The minimum Gasteiger partial charge on any atom is -0.478 e. The van der Waals surface area contributed by atoms with Crippen LogP contribution in [-0.2, 0) is 9.53 Å². The molecule has 1 radical (unpaired) electrons. The third-order valence-corrected chi connectivity index (χ3v) is 1.28. The fourth-order valence-corrected chi connectivity index (χ4v) is 0.749. The van der Waals surface area contributed by atoms with Crippen molar-refractivity contribution in [1.29, 1.82) is 0 Å². The van der Waals surface area contributed by atoms with E-state index < -0.39 is 5.44 Å². The maximum absolute atomic E-state index is 9.70. The number of ether oxygens (including phenoxy) is 1. The lowest BCUT2D eigenvalue weighted by molar-refractivity contribution is 0.277. The first kappa shape index (κ1) is 4.71. The van der Waals surface area contributed by atoms with Crippen molar-refractivity contribution in [1.82, 2.24) is 0 Å². The Morgan fingerprint density at radius 3 is 3.00 bits per heavy atom. The molecular weight excluding hydrogens is 112 g/mol. The molecule has 0 saturated carbocycles. The largest absolute Gasteiger partial charge is 0.478 e. The smallest absolute Gasteiger partial charge is 0.254 e. The summed E-state index contributed by atoms with van der Waals surface area (Å²) in [6.07, 6.45) is 3.18. The second-order valence-electron chi connectivity index (χ2n) is 0.994. The van der Waals surface area contributed by atoms with Crippen LogP contribution in [0.3, 0.4) is 0 Å². The van der Waals surface area contributed by atoms with Gasteiger partial charge in [0.25, 0.3) is 6.29 Å². The number of thioether (sulfide) groups is 1. The van der Waals surface area contributed by atoms with E-state index in [-0.39, 0.29) is 0 Å². The highest BCUT2D eigenvalue weighted by Gasteiger charge is 2.09. The van der Waals surface area contributed by atoms with Crippen molar-refractivity contribution < 1.29 is 9.53 Å². The van der Waals surface area contributed by atoms with E-state index >= 15 is 0 Å². The van der Waals surface area contributed by atoms with Crippen LogP contribution >= 0.6 is 11.8 Å². The Bertz CT molecular complexity index is 91.9. The Labute approximate surface area is 45.5 Å². The summed E-state index contributed by atoms with van der Waals surface area (Å²) in [4.78, 5) is 9.70. The summed E-state index contributed by atoms with van der Waals surface area (Å²) in [5.74, 6) is 0. The molecule has 0 bridgehead atoms. The molecule has 0 aromatic rings. The molecule has 0 saturated heterocycles. The minimum atomic E-state index is -0.403. The monoisotopic (exact) mass is 115 g/mol. The first-order valence-corrected chi connectivity index (χ1v) is 2.71. The first-order chi connectivity index (χ1) is 3.43. The van der Waals surface area contributed by atoms with E-state index in [9.17, 15) is 4.79 Å². The molecule has 0 aliphatic carbocycles. The summed E-state index contributed by atoms with van der Waals surface area (Å²) in [7, 11) is 0. The van der Waals surface area contributed by atoms with Crippen molar-refractivity contribution >= 4 is 18.0 Å². The number of rotatable bonds is 1. The zero-order chi connectivity index (χ0) is 5.11. The van der Waals surface area contributed by atoms with Crippen LogP contribution in [0.4, 0.5) is 0 Å². The molecule has 1 atom stereocenters. The van der Waals surface area contributed by atoms with Gasteiger partial charge in [0, 0.05) is 5.41 Å². The average molecular weight is 115 g/mol. The zero-order valence-corrected chi connectivity index (χ0v) is 4.27. The Morgan fingerprint density at radius 1 is 1.86 bits per heavy atom. The van der Waals surface area contributed by atoms with Crippen LogP contribution in [0.25, 0.3) is 0 Å². The van der Waals surface area contributed by atoms with Gasteiger partial charge in [-0.3, -0.25) is 4.79 Å². The van der Waals surface area contributed by atoms with E-state index in [4.69, 9.17) is 0 Å². The minimum absolute atomic E-state index is 0.403. The van der Waals surface area contributed by atoms with E-state index in [0.29, 0.717) is 0 Å². The van der Waals surface area contributed by atoms with Gasteiger partial charge in [0.05, 0.1) is 6.26 Å². The third-order valence-electron chi connectivity index (χ3n) is 0.556. The van der Waals surface area contributed by atoms with Crippen molar-refractivity contribution in [2.75, 3.05) is 0 Å². The van der Waals surface area contributed by atoms with Crippen molar-refractivity contribution in [3.8, 4) is 0 Å². The second kappa shape index (κ2) is 2.02. The summed E-state index contributed by atoms with van der Waals surface area (Å²) in [5.41, 5.74) is -0.403. The Morgan fingerprint density at radius 2 is 2.71 bits per heavy atom. The highest BCUT2D eigenvalue weighted by atomic mass is 32.2. The van der Waals surface area contributed by atoms with Gasteiger partial charge in [-0.05, 0) is 0 Å². The highest BCUT2D eigenvalue weighted by Crippen LogP contribution is 2.18. The third kappa shape index (κ3) is 0.962. The van der Waals surface area contributed by atoms with E-state index in [1.54, 1.807) is 11.7 Å². The van der Waals surface area contributed by atoms with Crippen LogP contribution in [0.1, 0.15) is 0 Å². The van der Waals surface area contributed by atoms with Gasteiger partial charge in [-0.2, -0.15) is 0 Å². The van der Waals surface area contributed by atoms with Crippen LogP contribution in [0.2, 0.25) is 0 Å². The molecule has 0 aromatic carbocycles. The van der Waals surface area contributed by atoms with Crippen LogP contribution in [-0.4, -0.2) is 11.7 Å². The van der Waals surface area contributed by atoms with Crippen LogP contribution in [0.5, 0.6) is 0 Å². The van der Waals surface area contributed by atoms with Gasteiger partial charge in [-0.25, -0.2) is 0 Å². The summed E-state index contributed by atoms with van der Waals surface area (Å²) in [5, 5.41) is 1.72. The van der Waals surface area contributed by atoms with Crippen LogP contribution in [0, 0.1) is 0 Å². The quantitative estimate of drug-likeness (QED) is 0.502. The molecule has 1 heterocycles. The van der Waals surface area contributed by atoms with Crippen molar-refractivity contribution in [3.05, 3.63) is 11.7 Å². The molecule has 0 spiro atoms.